The van der Waals surface area contributed by atoms with Crippen molar-refractivity contribution in [2.75, 3.05) is 0 Å². The molecule has 0 saturated carbocycles. The zero-order valence-corrected chi connectivity index (χ0v) is 10.4. The summed E-state index contributed by atoms with van der Waals surface area (Å²) in [7, 11) is 0. The van der Waals surface area contributed by atoms with Gasteiger partial charge in [-0.05, 0) is 13.8 Å². The maximum Gasteiger partial charge on any atom is 0.197 e. The third kappa shape index (κ3) is 2.17. The van der Waals surface area contributed by atoms with E-state index in [0.29, 0.717) is 21.2 Å². The molecule has 0 heterocycles. The van der Waals surface area contributed by atoms with Crippen molar-refractivity contribution in [2.45, 2.75) is 13.8 Å². The van der Waals surface area contributed by atoms with E-state index in [0.717, 1.165) is 0 Å². The van der Waals surface area contributed by atoms with Gasteiger partial charge in [0.25, 0.3) is 0 Å². The Bertz CT molecular complexity index is 399. The maximum atomic E-state index is 11.3. The first kappa shape index (κ1) is 12.1. The fourth-order valence-corrected chi connectivity index (χ4v) is 1.48. The van der Waals surface area contributed by atoms with Crippen LogP contribution < -0.4 is 5.43 Å². The Morgan fingerprint density at radius 2 is 1.14 bits per heavy atom. The number of hydrogen-bond acceptors (Lipinski definition) is 1. The van der Waals surface area contributed by atoms with Gasteiger partial charge in [-0.15, -0.1) is 0 Å². The predicted octanol–water partition coefficient (Wildman–Crippen LogP) is 4.25. The molecule has 0 atom stereocenters. The zero-order valence-electron chi connectivity index (χ0n) is 7.42. The van der Waals surface area contributed by atoms with Crippen molar-refractivity contribution in [3.05, 3.63) is 31.4 Å². The Morgan fingerprint density at radius 1 is 0.857 bits per heavy atom. The second kappa shape index (κ2) is 4.28. The summed E-state index contributed by atoms with van der Waals surface area (Å²) in [5.41, 5.74) is 0.535. The molecule has 1 aromatic carbocycles. The van der Waals surface area contributed by atoms with Crippen LogP contribution in [0.15, 0.2) is 14.9 Å². The Hall–Kier alpha value is 0.0500. The van der Waals surface area contributed by atoms with Crippen LogP contribution in [0.5, 0.6) is 0 Å². The zero-order chi connectivity index (χ0) is 11.0. The van der Waals surface area contributed by atoms with Gasteiger partial charge in [-0.2, -0.15) is 0 Å². The SMILES string of the molecule is C/C(Cl)=C(/Cl)c1c(/C(Cl)=C(\C)Cl)c1=O. The second-order valence-corrected chi connectivity index (χ2v) is 4.66. The molecule has 0 saturated heterocycles. The van der Waals surface area contributed by atoms with Crippen LogP contribution in [0, 0.1) is 0 Å². The molecule has 0 aliphatic heterocycles. The van der Waals surface area contributed by atoms with Crippen LogP contribution >= 0.6 is 46.4 Å². The first-order valence-electron chi connectivity index (χ1n) is 3.71. The van der Waals surface area contributed by atoms with Gasteiger partial charge in [0.15, 0.2) is 5.43 Å². The first-order valence-corrected chi connectivity index (χ1v) is 5.22. The third-order valence-electron chi connectivity index (χ3n) is 1.69. The minimum absolute atomic E-state index is 0.194. The molecule has 1 rings (SSSR count). The van der Waals surface area contributed by atoms with Crippen molar-refractivity contribution in [2.24, 2.45) is 0 Å². The largest absolute Gasteiger partial charge is 0.288 e. The van der Waals surface area contributed by atoms with E-state index in [9.17, 15) is 4.79 Å². The topological polar surface area (TPSA) is 17.1 Å². The van der Waals surface area contributed by atoms with E-state index in [1.165, 1.54) is 0 Å². The molecule has 5 heteroatoms. The lowest BCUT2D eigenvalue weighted by Crippen LogP contribution is -1.78. The van der Waals surface area contributed by atoms with Gasteiger partial charge >= 0.3 is 0 Å². The summed E-state index contributed by atoms with van der Waals surface area (Å²) in [6.45, 7) is 3.20. The van der Waals surface area contributed by atoms with Crippen molar-refractivity contribution in [3.63, 3.8) is 0 Å². The van der Waals surface area contributed by atoms with Gasteiger partial charge in [0.1, 0.15) is 0 Å². The van der Waals surface area contributed by atoms with E-state index < -0.39 is 0 Å². The van der Waals surface area contributed by atoms with Gasteiger partial charge < -0.3 is 0 Å². The fraction of sp³-hybridized carbons (Fsp3) is 0.222. The van der Waals surface area contributed by atoms with Gasteiger partial charge in [0.2, 0.25) is 0 Å². The lowest BCUT2D eigenvalue weighted by molar-refractivity contribution is 1.69. The average molecular weight is 272 g/mol. The van der Waals surface area contributed by atoms with E-state index in [1.807, 2.05) is 0 Å². The molecule has 0 aromatic heterocycles. The fourth-order valence-electron chi connectivity index (χ4n) is 0.934. The van der Waals surface area contributed by atoms with Crippen LogP contribution in [-0.2, 0) is 0 Å². The van der Waals surface area contributed by atoms with Crippen molar-refractivity contribution in [1.82, 2.24) is 0 Å². The Morgan fingerprint density at radius 3 is 1.36 bits per heavy atom. The van der Waals surface area contributed by atoms with Crippen LogP contribution in [0.25, 0.3) is 10.1 Å². The molecule has 76 valence electrons. The van der Waals surface area contributed by atoms with Crippen molar-refractivity contribution in [1.29, 1.82) is 0 Å². The second-order valence-electron chi connectivity index (χ2n) is 2.77. The molecular weight excluding hydrogens is 266 g/mol. The van der Waals surface area contributed by atoms with Crippen LogP contribution in [0.4, 0.5) is 0 Å². The summed E-state index contributed by atoms with van der Waals surface area (Å²) in [5, 5.41) is 1.20. The molecule has 0 aliphatic rings. The summed E-state index contributed by atoms with van der Waals surface area (Å²) >= 11 is 22.9. The summed E-state index contributed by atoms with van der Waals surface area (Å²) in [6, 6.07) is 0. The average Bonchev–Trinajstić information content (AvgIpc) is 2.74. The summed E-state index contributed by atoms with van der Waals surface area (Å²) in [5.74, 6) is 0. The monoisotopic (exact) mass is 270 g/mol. The van der Waals surface area contributed by atoms with Gasteiger partial charge in [-0.1, -0.05) is 46.4 Å². The third-order valence-corrected chi connectivity index (χ3v) is 3.20. The quantitative estimate of drug-likeness (QED) is 0.786. The van der Waals surface area contributed by atoms with Crippen LogP contribution in [-0.4, -0.2) is 0 Å². The summed E-state index contributed by atoms with van der Waals surface area (Å²) in [4.78, 5) is 11.3. The predicted molar refractivity (Wildman–Crippen MR) is 63.7 cm³/mol. The van der Waals surface area contributed by atoms with Crippen LogP contribution in [0.2, 0.25) is 0 Å². The highest BCUT2D eigenvalue weighted by Crippen LogP contribution is 2.36. The highest BCUT2D eigenvalue weighted by atomic mass is 35.5. The lowest BCUT2D eigenvalue weighted by Gasteiger charge is -1.92. The molecule has 0 unspecified atom stereocenters. The molecule has 1 nitrogen and oxygen atoms in total. The molecule has 14 heavy (non-hydrogen) atoms. The molecule has 0 N–H and O–H groups in total. The van der Waals surface area contributed by atoms with Crippen molar-refractivity contribution < 1.29 is 0 Å². The minimum Gasteiger partial charge on any atom is -0.288 e. The van der Waals surface area contributed by atoms with Gasteiger partial charge in [-0.25, -0.2) is 0 Å². The van der Waals surface area contributed by atoms with Crippen molar-refractivity contribution in [3.8, 4) is 0 Å². The molecular formula is C9H6Cl4O. The minimum atomic E-state index is -0.194. The standard InChI is InChI=1S/C9H6Cl4O/c1-3(10)7(12)5-6(9(5)14)8(13)4(2)11/h1-2H3/b7-3-,8-4-. The van der Waals surface area contributed by atoms with Crippen LogP contribution in [0.3, 0.4) is 0 Å². The number of hydrogen-bond donors (Lipinski definition) is 0. The molecule has 0 spiro atoms. The number of allylic oxidation sites excluding steroid dienone is 2. The highest BCUT2D eigenvalue weighted by Gasteiger charge is 2.28. The van der Waals surface area contributed by atoms with Gasteiger partial charge in [0, 0.05) is 10.1 Å². The molecule has 0 radical (unpaired) electrons. The van der Waals surface area contributed by atoms with E-state index in [2.05, 4.69) is 0 Å². The maximum absolute atomic E-state index is 11.3. The van der Waals surface area contributed by atoms with Gasteiger partial charge in [0.05, 0.1) is 21.2 Å². The molecule has 0 aliphatic carbocycles. The van der Waals surface area contributed by atoms with E-state index in [-0.39, 0.29) is 15.5 Å². The summed E-state index contributed by atoms with van der Waals surface area (Å²) in [6.07, 6.45) is 0. The molecule has 1 aromatic rings. The van der Waals surface area contributed by atoms with E-state index in [4.69, 9.17) is 46.4 Å². The number of halogens is 4. The molecule has 0 amide bonds. The van der Waals surface area contributed by atoms with E-state index in [1.54, 1.807) is 13.8 Å². The highest BCUT2D eigenvalue weighted by molar-refractivity contribution is 6.58. The summed E-state index contributed by atoms with van der Waals surface area (Å²) < 4.78 is 0. The Kier molecular flexibility index (Phi) is 3.70. The lowest BCUT2D eigenvalue weighted by atomic mass is 10.3. The molecule has 0 bridgehead atoms. The van der Waals surface area contributed by atoms with E-state index >= 15 is 0 Å². The number of rotatable bonds is 2. The van der Waals surface area contributed by atoms with Crippen molar-refractivity contribution >= 4 is 56.5 Å². The smallest absolute Gasteiger partial charge is 0.197 e. The van der Waals surface area contributed by atoms with Gasteiger partial charge in [-0.3, -0.25) is 4.79 Å². The Labute approximate surface area is 102 Å². The first-order chi connectivity index (χ1) is 6.37. The molecule has 0 fully saturated rings. The Balaban J connectivity index is 3.16. The normalized spacial score (nSPS) is 15.6. The van der Waals surface area contributed by atoms with Crippen LogP contribution in [0.1, 0.15) is 25.0 Å².